The number of carbonyl (C=O) groups excluding carboxylic acids is 1. The Morgan fingerprint density at radius 3 is 2.43 bits per heavy atom. The third-order valence-corrected chi connectivity index (χ3v) is 5.68. The lowest BCUT2D eigenvalue weighted by atomic mass is 10.2. The minimum Gasteiger partial charge on any atom is -0.491 e. The van der Waals surface area contributed by atoms with Crippen LogP contribution in [0.3, 0.4) is 0 Å². The SMILES string of the molecule is Cc1cccc(NS(=O)(=O)c2cccc(C(=O)N[C@H](C)COc3ccccc3)c2)c1. The van der Waals surface area contributed by atoms with Gasteiger partial charge in [0.25, 0.3) is 15.9 Å². The van der Waals surface area contributed by atoms with E-state index in [1.807, 2.05) is 50.2 Å². The molecule has 3 aromatic rings. The molecule has 3 aromatic carbocycles. The third kappa shape index (κ3) is 5.84. The van der Waals surface area contributed by atoms with E-state index in [-0.39, 0.29) is 22.4 Å². The van der Waals surface area contributed by atoms with Crippen LogP contribution in [0.2, 0.25) is 0 Å². The molecule has 30 heavy (non-hydrogen) atoms. The number of carbonyl (C=O) groups is 1. The number of hydrogen-bond donors (Lipinski definition) is 2. The summed E-state index contributed by atoms with van der Waals surface area (Å²) in [5.74, 6) is 0.348. The second-order valence-corrected chi connectivity index (χ2v) is 8.68. The third-order valence-electron chi connectivity index (χ3n) is 4.30. The van der Waals surface area contributed by atoms with Crippen LogP contribution < -0.4 is 14.8 Å². The van der Waals surface area contributed by atoms with Crippen molar-refractivity contribution in [1.82, 2.24) is 5.32 Å². The molecule has 0 heterocycles. The number of amides is 1. The van der Waals surface area contributed by atoms with Gasteiger partial charge in [-0.15, -0.1) is 0 Å². The van der Waals surface area contributed by atoms with Crippen molar-refractivity contribution in [2.75, 3.05) is 11.3 Å². The van der Waals surface area contributed by atoms with Crippen molar-refractivity contribution in [3.63, 3.8) is 0 Å². The number of aryl methyl sites for hydroxylation is 1. The monoisotopic (exact) mass is 424 g/mol. The molecule has 1 amide bonds. The molecule has 0 saturated heterocycles. The second kappa shape index (κ2) is 9.45. The van der Waals surface area contributed by atoms with Gasteiger partial charge in [-0.1, -0.05) is 36.4 Å². The predicted molar refractivity (Wildman–Crippen MR) is 117 cm³/mol. The molecule has 3 rings (SSSR count). The van der Waals surface area contributed by atoms with Crippen LogP contribution in [0, 0.1) is 6.92 Å². The first-order valence-electron chi connectivity index (χ1n) is 9.52. The molecule has 0 aromatic heterocycles. The molecule has 0 bridgehead atoms. The summed E-state index contributed by atoms with van der Waals surface area (Å²) in [4.78, 5) is 12.6. The normalized spacial score (nSPS) is 12.1. The molecule has 7 heteroatoms. The maximum absolute atomic E-state index is 12.7. The first-order valence-corrected chi connectivity index (χ1v) is 11.0. The lowest BCUT2D eigenvalue weighted by Crippen LogP contribution is -2.36. The standard InChI is InChI=1S/C23H24N2O4S/c1-17-8-6-10-20(14-17)25-30(27,28)22-13-7-9-19(15-22)23(26)24-18(2)16-29-21-11-4-3-5-12-21/h3-15,18,25H,16H2,1-2H3,(H,24,26)/t18-/m1/s1. The number of anilines is 1. The molecule has 1 atom stereocenters. The van der Waals surface area contributed by atoms with Crippen LogP contribution in [-0.2, 0) is 10.0 Å². The van der Waals surface area contributed by atoms with Crippen LogP contribution in [0.4, 0.5) is 5.69 Å². The van der Waals surface area contributed by atoms with Crippen LogP contribution in [0.1, 0.15) is 22.8 Å². The Morgan fingerprint density at radius 2 is 1.70 bits per heavy atom. The van der Waals surface area contributed by atoms with Gasteiger partial charge >= 0.3 is 0 Å². The van der Waals surface area contributed by atoms with E-state index in [4.69, 9.17) is 4.74 Å². The van der Waals surface area contributed by atoms with Crippen molar-refractivity contribution in [1.29, 1.82) is 0 Å². The molecule has 0 saturated carbocycles. The maximum atomic E-state index is 12.7. The highest BCUT2D eigenvalue weighted by Gasteiger charge is 2.17. The number of benzene rings is 3. The van der Waals surface area contributed by atoms with Crippen LogP contribution >= 0.6 is 0 Å². The summed E-state index contributed by atoms with van der Waals surface area (Å²) in [5.41, 5.74) is 1.67. The summed E-state index contributed by atoms with van der Waals surface area (Å²) in [6.07, 6.45) is 0. The lowest BCUT2D eigenvalue weighted by Gasteiger charge is -2.15. The first kappa shape index (κ1) is 21.4. The topological polar surface area (TPSA) is 84.5 Å². The number of nitrogens with one attached hydrogen (secondary N) is 2. The highest BCUT2D eigenvalue weighted by Crippen LogP contribution is 2.18. The smallest absolute Gasteiger partial charge is 0.261 e. The molecule has 0 spiro atoms. The van der Waals surface area contributed by atoms with Crippen molar-refractivity contribution in [2.24, 2.45) is 0 Å². The molecular weight excluding hydrogens is 400 g/mol. The largest absolute Gasteiger partial charge is 0.491 e. The fourth-order valence-electron chi connectivity index (χ4n) is 2.81. The molecule has 6 nitrogen and oxygen atoms in total. The molecule has 0 radical (unpaired) electrons. The Bertz CT molecular complexity index is 1110. The van der Waals surface area contributed by atoms with Gasteiger partial charge in [0.15, 0.2) is 0 Å². The highest BCUT2D eigenvalue weighted by atomic mass is 32.2. The van der Waals surface area contributed by atoms with Crippen LogP contribution in [-0.4, -0.2) is 27.0 Å². The van der Waals surface area contributed by atoms with E-state index in [1.165, 1.54) is 12.1 Å². The average molecular weight is 425 g/mol. The van der Waals surface area contributed by atoms with Crippen molar-refractivity contribution in [3.8, 4) is 5.75 Å². The minimum absolute atomic E-state index is 0.0184. The Labute approximate surface area is 177 Å². The van der Waals surface area contributed by atoms with Gasteiger partial charge in [-0.3, -0.25) is 9.52 Å². The molecule has 2 N–H and O–H groups in total. The van der Waals surface area contributed by atoms with Gasteiger partial charge < -0.3 is 10.1 Å². The van der Waals surface area contributed by atoms with Gasteiger partial charge in [0, 0.05) is 11.3 Å². The van der Waals surface area contributed by atoms with E-state index in [0.29, 0.717) is 18.0 Å². The zero-order valence-electron chi connectivity index (χ0n) is 16.8. The van der Waals surface area contributed by atoms with E-state index in [2.05, 4.69) is 10.0 Å². The number of para-hydroxylation sites is 1. The van der Waals surface area contributed by atoms with Gasteiger partial charge in [0.05, 0.1) is 10.9 Å². The predicted octanol–water partition coefficient (Wildman–Crippen LogP) is 3.99. The fourth-order valence-corrected chi connectivity index (χ4v) is 3.91. The van der Waals surface area contributed by atoms with Crippen molar-refractivity contribution >= 4 is 21.6 Å². The summed E-state index contributed by atoms with van der Waals surface area (Å²) in [6.45, 7) is 3.99. The number of hydrogen-bond acceptors (Lipinski definition) is 4. The Kier molecular flexibility index (Phi) is 6.74. The zero-order valence-corrected chi connectivity index (χ0v) is 17.6. The van der Waals surface area contributed by atoms with E-state index >= 15 is 0 Å². The van der Waals surface area contributed by atoms with Crippen LogP contribution in [0.25, 0.3) is 0 Å². The van der Waals surface area contributed by atoms with Crippen molar-refractivity contribution < 1.29 is 17.9 Å². The summed E-state index contributed by atoms with van der Waals surface area (Å²) in [7, 11) is -3.82. The van der Waals surface area contributed by atoms with Gasteiger partial charge in [-0.05, 0) is 61.9 Å². The lowest BCUT2D eigenvalue weighted by molar-refractivity contribution is 0.0926. The molecule has 0 aliphatic rings. The van der Waals surface area contributed by atoms with Gasteiger partial charge in [0.1, 0.15) is 12.4 Å². The van der Waals surface area contributed by atoms with Crippen molar-refractivity contribution in [3.05, 3.63) is 90.0 Å². The van der Waals surface area contributed by atoms with E-state index in [9.17, 15) is 13.2 Å². The first-order chi connectivity index (χ1) is 14.3. The summed E-state index contributed by atoms with van der Waals surface area (Å²) >= 11 is 0. The van der Waals surface area contributed by atoms with Gasteiger partial charge in [0.2, 0.25) is 0 Å². The van der Waals surface area contributed by atoms with Gasteiger partial charge in [-0.25, -0.2) is 8.42 Å². The van der Waals surface area contributed by atoms with E-state index in [0.717, 1.165) is 5.56 Å². The average Bonchev–Trinajstić information content (AvgIpc) is 2.73. The molecular formula is C23H24N2O4S. The quantitative estimate of drug-likeness (QED) is 0.573. The van der Waals surface area contributed by atoms with Crippen molar-refractivity contribution in [2.45, 2.75) is 24.8 Å². The van der Waals surface area contributed by atoms with Crippen LogP contribution in [0.5, 0.6) is 5.75 Å². The minimum atomic E-state index is -3.82. The van der Waals surface area contributed by atoms with E-state index in [1.54, 1.807) is 30.3 Å². The fraction of sp³-hybridized carbons (Fsp3) is 0.174. The van der Waals surface area contributed by atoms with E-state index < -0.39 is 10.0 Å². The Hall–Kier alpha value is -3.32. The maximum Gasteiger partial charge on any atom is 0.261 e. The summed E-state index contributed by atoms with van der Waals surface area (Å²) < 4.78 is 33.6. The highest BCUT2D eigenvalue weighted by molar-refractivity contribution is 7.92. The molecule has 0 aliphatic carbocycles. The Balaban J connectivity index is 1.65. The Morgan fingerprint density at radius 1 is 0.967 bits per heavy atom. The summed E-state index contributed by atoms with van der Waals surface area (Å²) in [6, 6.07) is 22.1. The second-order valence-electron chi connectivity index (χ2n) is 7.00. The molecule has 0 aliphatic heterocycles. The van der Waals surface area contributed by atoms with Gasteiger partial charge in [-0.2, -0.15) is 0 Å². The number of sulfonamides is 1. The van der Waals surface area contributed by atoms with Crippen LogP contribution in [0.15, 0.2) is 83.8 Å². The zero-order chi connectivity index (χ0) is 21.6. The summed E-state index contributed by atoms with van der Waals surface area (Å²) in [5, 5.41) is 2.82. The number of ether oxygens (including phenoxy) is 1. The molecule has 0 fully saturated rings. The molecule has 156 valence electrons. The molecule has 0 unspecified atom stereocenters. The number of rotatable bonds is 8.